The Bertz CT molecular complexity index is 574. The standard InChI is InChI=1S/C18H25ClN2O4/c1-24-13-18(23)21-10-8-14(9-11-21)20-17(22)7-4-12-25-16-6-3-2-5-15(16)19/h2-3,5-6,14H,4,7-13H2,1H3,(H,20,22). The lowest BCUT2D eigenvalue weighted by atomic mass is 10.0. The number of rotatable bonds is 8. The number of carbonyl (C=O) groups is 2. The Morgan fingerprint density at radius 1 is 1.28 bits per heavy atom. The second-order valence-electron chi connectivity index (χ2n) is 6.04. The molecule has 7 heteroatoms. The second-order valence-corrected chi connectivity index (χ2v) is 6.45. The van der Waals surface area contributed by atoms with Gasteiger partial charge in [0.25, 0.3) is 0 Å². The van der Waals surface area contributed by atoms with Gasteiger partial charge in [-0.05, 0) is 31.4 Å². The van der Waals surface area contributed by atoms with Crippen LogP contribution < -0.4 is 10.1 Å². The minimum absolute atomic E-state index is 0.00370. The lowest BCUT2D eigenvalue weighted by Crippen LogP contribution is -2.47. The third kappa shape index (κ3) is 6.55. The van der Waals surface area contributed by atoms with Crippen molar-refractivity contribution >= 4 is 23.4 Å². The summed E-state index contributed by atoms with van der Waals surface area (Å²) < 4.78 is 10.4. The molecular formula is C18H25ClN2O4. The van der Waals surface area contributed by atoms with Gasteiger partial charge in [-0.2, -0.15) is 0 Å². The Morgan fingerprint density at radius 2 is 2.00 bits per heavy atom. The Balaban J connectivity index is 1.60. The zero-order chi connectivity index (χ0) is 18.1. The van der Waals surface area contributed by atoms with Crippen LogP contribution in [0.1, 0.15) is 25.7 Å². The molecule has 0 aliphatic carbocycles. The fourth-order valence-electron chi connectivity index (χ4n) is 2.76. The number of benzene rings is 1. The third-order valence-electron chi connectivity index (χ3n) is 4.12. The molecule has 1 N–H and O–H groups in total. The maximum atomic E-state index is 12.0. The molecule has 1 saturated heterocycles. The van der Waals surface area contributed by atoms with Gasteiger partial charge in [-0.25, -0.2) is 0 Å². The molecular weight excluding hydrogens is 344 g/mol. The van der Waals surface area contributed by atoms with Crippen LogP contribution in [0.4, 0.5) is 0 Å². The normalized spacial score (nSPS) is 15.0. The minimum Gasteiger partial charge on any atom is -0.492 e. The summed E-state index contributed by atoms with van der Waals surface area (Å²) in [6, 6.07) is 7.41. The van der Waals surface area contributed by atoms with Gasteiger partial charge in [-0.15, -0.1) is 0 Å². The van der Waals surface area contributed by atoms with E-state index in [-0.39, 0.29) is 24.5 Å². The van der Waals surface area contributed by atoms with Gasteiger partial charge in [-0.3, -0.25) is 9.59 Å². The van der Waals surface area contributed by atoms with E-state index in [4.69, 9.17) is 21.1 Å². The molecule has 2 amide bonds. The fraction of sp³-hybridized carbons (Fsp3) is 0.556. The second kappa shape index (κ2) is 10.3. The van der Waals surface area contributed by atoms with E-state index in [9.17, 15) is 9.59 Å². The summed E-state index contributed by atoms with van der Waals surface area (Å²) in [5, 5.41) is 3.60. The summed E-state index contributed by atoms with van der Waals surface area (Å²) in [7, 11) is 1.51. The number of hydrogen-bond acceptors (Lipinski definition) is 4. The minimum atomic E-state index is 0.00370. The van der Waals surface area contributed by atoms with Crippen LogP contribution in [0.15, 0.2) is 24.3 Å². The van der Waals surface area contributed by atoms with Gasteiger partial charge in [0.15, 0.2) is 0 Å². The first-order valence-corrected chi connectivity index (χ1v) is 8.91. The summed E-state index contributed by atoms with van der Waals surface area (Å²) >= 11 is 6.01. The highest BCUT2D eigenvalue weighted by molar-refractivity contribution is 6.32. The Hall–Kier alpha value is -1.79. The number of ether oxygens (including phenoxy) is 2. The van der Waals surface area contributed by atoms with Crippen LogP contribution in [-0.2, 0) is 14.3 Å². The van der Waals surface area contributed by atoms with Crippen molar-refractivity contribution in [2.24, 2.45) is 0 Å². The highest BCUT2D eigenvalue weighted by Gasteiger charge is 2.23. The highest BCUT2D eigenvalue weighted by atomic mass is 35.5. The summed E-state index contributed by atoms with van der Waals surface area (Å²) in [4.78, 5) is 25.5. The van der Waals surface area contributed by atoms with Crippen LogP contribution in [0.2, 0.25) is 5.02 Å². The molecule has 1 heterocycles. The van der Waals surface area contributed by atoms with E-state index in [1.807, 2.05) is 12.1 Å². The molecule has 0 saturated carbocycles. The molecule has 138 valence electrons. The van der Waals surface area contributed by atoms with Crippen LogP contribution in [-0.4, -0.2) is 56.2 Å². The first kappa shape index (κ1) is 19.5. The number of nitrogens with one attached hydrogen (secondary N) is 1. The van der Waals surface area contributed by atoms with E-state index < -0.39 is 0 Å². The van der Waals surface area contributed by atoms with Crippen molar-refractivity contribution in [1.82, 2.24) is 10.2 Å². The first-order valence-electron chi connectivity index (χ1n) is 8.53. The Kier molecular flexibility index (Phi) is 8.01. The zero-order valence-electron chi connectivity index (χ0n) is 14.5. The molecule has 0 spiro atoms. The van der Waals surface area contributed by atoms with E-state index in [0.717, 1.165) is 12.8 Å². The number of likely N-dealkylation sites (tertiary alicyclic amines) is 1. The van der Waals surface area contributed by atoms with E-state index >= 15 is 0 Å². The molecule has 25 heavy (non-hydrogen) atoms. The molecule has 1 aromatic rings. The summed E-state index contributed by atoms with van der Waals surface area (Å²) in [5.41, 5.74) is 0. The Morgan fingerprint density at radius 3 is 2.68 bits per heavy atom. The number of nitrogens with zero attached hydrogens (tertiary/aromatic N) is 1. The van der Waals surface area contributed by atoms with Gasteiger partial charge in [0, 0.05) is 32.7 Å². The molecule has 6 nitrogen and oxygen atoms in total. The summed E-state index contributed by atoms with van der Waals surface area (Å²) in [6.45, 7) is 1.87. The maximum absolute atomic E-state index is 12.0. The van der Waals surface area contributed by atoms with Crippen LogP contribution in [0.3, 0.4) is 0 Å². The molecule has 0 bridgehead atoms. The average molecular weight is 369 g/mol. The van der Waals surface area contributed by atoms with Crippen LogP contribution >= 0.6 is 11.6 Å². The predicted octanol–water partition coefficient (Wildman–Crippen LogP) is 2.25. The molecule has 0 atom stereocenters. The zero-order valence-corrected chi connectivity index (χ0v) is 15.3. The van der Waals surface area contributed by atoms with Crippen LogP contribution in [0.25, 0.3) is 0 Å². The molecule has 1 aliphatic rings. The molecule has 1 aliphatic heterocycles. The van der Waals surface area contributed by atoms with Crippen molar-refractivity contribution in [2.75, 3.05) is 33.4 Å². The largest absolute Gasteiger partial charge is 0.492 e. The van der Waals surface area contributed by atoms with E-state index in [0.29, 0.717) is 43.3 Å². The fourth-order valence-corrected chi connectivity index (χ4v) is 2.95. The van der Waals surface area contributed by atoms with Gasteiger partial charge < -0.3 is 19.7 Å². The summed E-state index contributed by atoms with van der Waals surface area (Å²) in [6.07, 6.45) is 2.59. The van der Waals surface area contributed by atoms with Crippen LogP contribution in [0, 0.1) is 0 Å². The maximum Gasteiger partial charge on any atom is 0.248 e. The van der Waals surface area contributed by atoms with Crippen molar-refractivity contribution in [1.29, 1.82) is 0 Å². The third-order valence-corrected chi connectivity index (χ3v) is 4.44. The van der Waals surface area contributed by atoms with E-state index in [2.05, 4.69) is 5.32 Å². The number of para-hydroxylation sites is 1. The van der Waals surface area contributed by atoms with Crippen molar-refractivity contribution in [3.63, 3.8) is 0 Å². The van der Waals surface area contributed by atoms with E-state index in [1.165, 1.54) is 7.11 Å². The molecule has 0 unspecified atom stereocenters. The molecule has 2 rings (SSSR count). The topological polar surface area (TPSA) is 67.9 Å². The lowest BCUT2D eigenvalue weighted by molar-refractivity contribution is -0.136. The number of hydrogen-bond donors (Lipinski definition) is 1. The molecule has 1 aromatic carbocycles. The van der Waals surface area contributed by atoms with Gasteiger partial charge in [-0.1, -0.05) is 23.7 Å². The number of methoxy groups -OCH3 is 1. The van der Waals surface area contributed by atoms with E-state index in [1.54, 1.807) is 17.0 Å². The average Bonchev–Trinajstić information content (AvgIpc) is 2.61. The molecule has 0 aromatic heterocycles. The van der Waals surface area contributed by atoms with Crippen molar-refractivity contribution in [2.45, 2.75) is 31.7 Å². The quantitative estimate of drug-likeness (QED) is 0.715. The van der Waals surface area contributed by atoms with Gasteiger partial charge >= 0.3 is 0 Å². The summed E-state index contributed by atoms with van der Waals surface area (Å²) in [5.74, 6) is 0.658. The van der Waals surface area contributed by atoms with Crippen molar-refractivity contribution < 1.29 is 19.1 Å². The number of carbonyl (C=O) groups excluding carboxylic acids is 2. The first-order chi connectivity index (χ1) is 12.1. The highest BCUT2D eigenvalue weighted by Crippen LogP contribution is 2.23. The smallest absolute Gasteiger partial charge is 0.248 e. The lowest BCUT2D eigenvalue weighted by Gasteiger charge is -2.32. The predicted molar refractivity (Wildman–Crippen MR) is 95.8 cm³/mol. The number of halogens is 1. The Labute approximate surface area is 153 Å². The SMILES string of the molecule is COCC(=O)N1CCC(NC(=O)CCCOc2ccccc2Cl)CC1. The number of piperidine rings is 1. The molecule has 1 fully saturated rings. The van der Waals surface area contributed by atoms with Gasteiger partial charge in [0.1, 0.15) is 12.4 Å². The van der Waals surface area contributed by atoms with Crippen LogP contribution in [0.5, 0.6) is 5.75 Å². The molecule has 0 radical (unpaired) electrons. The van der Waals surface area contributed by atoms with Crippen molar-refractivity contribution in [3.8, 4) is 5.75 Å². The van der Waals surface area contributed by atoms with Gasteiger partial charge in [0.05, 0.1) is 11.6 Å². The monoisotopic (exact) mass is 368 g/mol. The van der Waals surface area contributed by atoms with Gasteiger partial charge in [0.2, 0.25) is 11.8 Å². The van der Waals surface area contributed by atoms with Crippen molar-refractivity contribution in [3.05, 3.63) is 29.3 Å². The number of amides is 2.